The number of nitrogens with zero attached hydrogens (tertiary/aromatic N) is 2. The first-order valence-corrected chi connectivity index (χ1v) is 11.4. The van der Waals surface area contributed by atoms with Gasteiger partial charge in [0.2, 0.25) is 5.91 Å². The van der Waals surface area contributed by atoms with E-state index in [1.54, 1.807) is 12.1 Å². The van der Waals surface area contributed by atoms with Gasteiger partial charge in [-0.25, -0.2) is 0 Å². The molecule has 1 N–H and O–H groups in total. The van der Waals surface area contributed by atoms with Crippen molar-refractivity contribution in [2.24, 2.45) is 10.3 Å². The van der Waals surface area contributed by atoms with Crippen molar-refractivity contribution in [1.29, 1.82) is 0 Å². The third-order valence-corrected chi connectivity index (χ3v) is 7.07. The highest BCUT2D eigenvalue weighted by Crippen LogP contribution is 2.50. The molecule has 2 atom stereocenters. The van der Waals surface area contributed by atoms with Crippen LogP contribution in [0.4, 0.5) is 5.69 Å². The zero-order chi connectivity index (χ0) is 20.6. The lowest BCUT2D eigenvalue weighted by Crippen LogP contribution is -2.20. The summed E-state index contributed by atoms with van der Waals surface area (Å²) in [7, 11) is -1.92. The summed E-state index contributed by atoms with van der Waals surface area (Å²) in [6, 6.07) is 13.7. The lowest BCUT2D eigenvalue weighted by molar-refractivity contribution is -0.117. The summed E-state index contributed by atoms with van der Waals surface area (Å²) >= 11 is 6.22. The first kappa shape index (κ1) is 19.9. The van der Waals surface area contributed by atoms with Crippen LogP contribution in [0.3, 0.4) is 0 Å². The van der Waals surface area contributed by atoms with Crippen molar-refractivity contribution in [3.63, 3.8) is 0 Å². The monoisotopic (exact) mass is 431 g/mol. The molecule has 2 aliphatic rings. The topological polar surface area (TPSA) is 78.8 Å². The number of nitrogens with one attached hydrogen (secondary N) is 1. The number of carbonyl (C=O) groups excluding carboxylic acids is 1. The van der Waals surface area contributed by atoms with E-state index in [2.05, 4.69) is 9.71 Å². The summed E-state index contributed by atoms with van der Waals surface area (Å²) in [6.07, 6.45) is 2.33. The minimum atomic E-state index is -3.76. The van der Waals surface area contributed by atoms with E-state index in [1.165, 1.54) is 12.1 Å². The third-order valence-electron chi connectivity index (χ3n) is 5.41. The molecule has 29 heavy (non-hydrogen) atoms. The Morgan fingerprint density at radius 2 is 1.90 bits per heavy atom. The highest BCUT2D eigenvalue weighted by molar-refractivity contribution is 7.90. The number of carbonyl (C=O) groups is 1. The van der Waals surface area contributed by atoms with Crippen molar-refractivity contribution in [2.45, 2.75) is 30.1 Å². The summed E-state index contributed by atoms with van der Waals surface area (Å²) < 4.78 is 29.0. The second-order valence-corrected chi connectivity index (χ2v) is 9.50. The number of likely N-dealkylation sites (tertiary alicyclic amines) is 1. The van der Waals surface area contributed by atoms with Gasteiger partial charge in [-0.2, -0.15) is 8.42 Å². The van der Waals surface area contributed by atoms with Gasteiger partial charge in [-0.3, -0.25) is 4.79 Å². The predicted octanol–water partition coefficient (Wildman–Crippen LogP) is 3.90. The molecular formula is C21H22ClN3O3S. The minimum absolute atomic E-state index is 0.0849. The van der Waals surface area contributed by atoms with E-state index in [0.717, 1.165) is 24.9 Å². The van der Waals surface area contributed by atoms with E-state index in [-0.39, 0.29) is 22.6 Å². The van der Waals surface area contributed by atoms with Crippen molar-refractivity contribution in [3.05, 3.63) is 59.1 Å². The van der Waals surface area contributed by atoms with Crippen molar-refractivity contribution in [3.8, 4) is 0 Å². The van der Waals surface area contributed by atoms with E-state index in [9.17, 15) is 13.2 Å². The van der Waals surface area contributed by atoms with Gasteiger partial charge in [0.1, 0.15) is 5.84 Å². The van der Waals surface area contributed by atoms with Gasteiger partial charge in [-0.1, -0.05) is 29.8 Å². The van der Waals surface area contributed by atoms with Gasteiger partial charge in [-0.05, 0) is 54.7 Å². The highest BCUT2D eigenvalue weighted by atomic mass is 35.5. The van der Waals surface area contributed by atoms with Crippen LogP contribution in [0, 0.1) is 5.92 Å². The molecule has 1 amide bonds. The maximum atomic E-state index is 12.5. The molecule has 2 aromatic carbocycles. The number of halogens is 1. The quantitative estimate of drug-likeness (QED) is 0.778. The van der Waals surface area contributed by atoms with Crippen molar-refractivity contribution >= 4 is 39.1 Å². The van der Waals surface area contributed by atoms with E-state index < -0.39 is 10.0 Å². The molecule has 152 valence electrons. The Morgan fingerprint density at radius 3 is 2.55 bits per heavy atom. The number of anilines is 1. The maximum absolute atomic E-state index is 12.5. The molecule has 2 aromatic rings. The fourth-order valence-corrected chi connectivity index (χ4v) is 5.02. The Balaban J connectivity index is 1.41. The molecule has 0 bridgehead atoms. The van der Waals surface area contributed by atoms with Gasteiger partial charge in [0, 0.05) is 36.6 Å². The summed E-state index contributed by atoms with van der Waals surface area (Å²) in [4.78, 5) is 14.5. The second-order valence-electron chi connectivity index (χ2n) is 7.49. The summed E-state index contributed by atoms with van der Waals surface area (Å²) in [6.45, 7) is 0.815. The summed E-state index contributed by atoms with van der Waals surface area (Å²) in [5.41, 5.74) is 1.55. The van der Waals surface area contributed by atoms with Crippen LogP contribution in [0.5, 0.6) is 0 Å². The molecule has 0 spiro atoms. The Bertz CT molecular complexity index is 1070. The number of hydrogen-bond donors (Lipinski definition) is 1. The number of amidine groups is 1. The fourth-order valence-electron chi connectivity index (χ4n) is 3.65. The van der Waals surface area contributed by atoms with Gasteiger partial charge in [0.05, 0.1) is 4.90 Å². The van der Waals surface area contributed by atoms with Gasteiger partial charge in [-0.15, -0.1) is 4.40 Å². The maximum Gasteiger partial charge on any atom is 0.283 e. The van der Waals surface area contributed by atoms with Crippen LogP contribution in [0.2, 0.25) is 5.02 Å². The van der Waals surface area contributed by atoms with Crippen LogP contribution in [0.15, 0.2) is 57.8 Å². The molecule has 2 unspecified atom stereocenters. The molecule has 6 nitrogen and oxygen atoms in total. The Morgan fingerprint density at radius 1 is 1.17 bits per heavy atom. The number of rotatable bonds is 5. The third kappa shape index (κ3) is 4.31. The average molecular weight is 432 g/mol. The second kappa shape index (κ2) is 7.80. The van der Waals surface area contributed by atoms with Crippen molar-refractivity contribution in [2.75, 3.05) is 18.9 Å². The number of hydrogen-bond acceptors (Lipinski definition) is 3. The Labute approximate surface area is 175 Å². The lowest BCUT2D eigenvalue weighted by Gasteiger charge is -2.11. The molecule has 1 saturated carbocycles. The Hall–Kier alpha value is -2.38. The van der Waals surface area contributed by atoms with E-state index in [4.69, 9.17) is 11.6 Å². The van der Waals surface area contributed by atoms with Crippen molar-refractivity contribution in [1.82, 2.24) is 4.90 Å². The fraction of sp³-hybridized carbons (Fsp3) is 0.333. The molecule has 1 aliphatic carbocycles. The first-order chi connectivity index (χ1) is 13.8. The lowest BCUT2D eigenvalue weighted by atomic mass is 10.1. The SMILES string of the molecule is CN1CCCC1=NS(=O)(=O)c1ccc(NC(=O)C2CC2c2ccccc2Cl)cc1. The zero-order valence-electron chi connectivity index (χ0n) is 16.0. The summed E-state index contributed by atoms with van der Waals surface area (Å²) in [5, 5.41) is 3.54. The molecule has 0 aromatic heterocycles. The van der Waals surface area contributed by atoms with Crippen molar-refractivity contribution < 1.29 is 13.2 Å². The molecule has 1 aliphatic heterocycles. The molecule has 4 rings (SSSR count). The predicted molar refractivity (Wildman–Crippen MR) is 114 cm³/mol. The smallest absolute Gasteiger partial charge is 0.283 e. The normalized spacial score (nSPS) is 22.7. The van der Waals surface area contributed by atoms with Crippen LogP contribution >= 0.6 is 11.6 Å². The van der Waals surface area contributed by atoms with Gasteiger partial charge >= 0.3 is 0 Å². The zero-order valence-corrected chi connectivity index (χ0v) is 17.6. The molecule has 2 fully saturated rings. The van der Waals surface area contributed by atoms with E-state index in [1.807, 2.05) is 36.2 Å². The van der Waals surface area contributed by atoms with Crippen LogP contribution in [0.1, 0.15) is 30.7 Å². The molecule has 0 radical (unpaired) electrons. The van der Waals surface area contributed by atoms with Crippen LogP contribution in [0.25, 0.3) is 0 Å². The van der Waals surface area contributed by atoms with E-state index in [0.29, 0.717) is 23.0 Å². The molecule has 1 heterocycles. The number of sulfonamides is 1. The summed E-state index contributed by atoms with van der Waals surface area (Å²) in [5.74, 6) is 0.505. The van der Waals surface area contributed by atoms with E-state index >= 15 is 0 Å². The number of amides is 1. The largest absolute Gasteiger partial charge is 0.362 e. The van der Waals surface area contributed by atoms with Crippen LogP contribution in [-0.2, 0) is 14.8 Å². The van der Waals surface area contributed by atoms with Gasteiger partial charge in [0.25, 0.3) is 10.0 Å². The molecule has 1 saturated heterocycles. The Kier molecular flexibility index (Phi) is 5.36. The van der Waals surface area contributed by atoms with Gasteiger partial charge in [0.15, 0.2) is 0 Å². The number of benzene rings is 2. The molecular weight excluding hydrogens is 410 g/mol. The molecule has 8 heteroatoms. The first-order valence-electron chi connectivity index (χ1n) is 9.55. The van der Waals surface area contributed by atoms with Gasteiger partial charge < -0.3 is 10.2 Å². The highest BCUT2D eigenvalue weighted by Gasteiger charge is 2.44. The van der Waals surface area contributed by atoms with Crippen LogP contribution < -0.4 is 5.32 Å². The minimum Gasteiger partial charge on any atom is -0.362 e. The average Bonchev–Trinajstić information content (AvgIpc) is 3.39. The standard InChI is InChI=1S/C21H22ClN3O3S/c1-25-12-4-7-20(25)24-29(27,28)15-10-8-14(9-11-15)23-21(26)18-13-17(18)16-5-2-3-6-19(16)22/h2-3,5-6,8-11,17-18H,4,7,12-13H2,1H3,(H,23,26). The van der Waals surface area contributed by atoms with Crippen LogP contribution in [-0.4, -0.2) is 38.7 Å².